The summed E-state index contributed by atoms with van der Waals surface area (Å²) in [6.45, 7) is 5.78. The molecular formula is C23H29F2N5O2. The van der Waals surface area contributed by atoms with Crippen molar-refractivity contribution in [3.8, 4) is 0 Å². The molecule has 172 valence electrons. The van der Waals surface area contributed by atoms with Crippen LogP contribution in [0.3, 0.4) is 0 Å². The zero-order chi connectivity index (χ0) is 22.8. The molecule has 0 bridgehead atoms. The maximum Gasteiger partial charge on any atom is 0.246 e. The summed E-state index contributed by atoms with van der Waals surface area (Å²) in [4.78, 5) is 18.8. The number of carbonyl (C=O) groups excluding carboxylic acids is 1. The Labute approximate surface area is 186 Å². The molecule has 7 nitrogen and oxygen atoms in total. The molecule has 0 spiro atoms. The number of guanidine groups is 1. The van der Waals surface area contributed by atoms with Crippen LogP contribution in [0.4, 0.5) is 14.5 Å². The molecule has 2 aromatic rings. The summed E-state index contributed by atoms with van der Waals surface area (Å²) < 4.78 is 32.2. The number of amides is 1. The average molecular weight is 446 g/mol. The van der Waals surface area contributed by atoms with Gasteiger partial charge < -0.3 is 20.7 Å². The molecule has 1 aliphatic rings. The van der Waals surface area contributed by atoms with Crippen LogP contribution in [0.2, 0.25) is 0 Å². The largest absolute Gasteiger partial charge is 0.379 e. The Kier molecular flexibility index (Phi) is 8.94. The molecule has 9 heteroatoms. The Morgan fingerprint density at radius 1 is 1.09 bits per heavy atom. The van der Waals surface area contributed by atoms with Crippen molar-refractivity contribution in [3.05, 3.63) is 65.7 Å². The van der Waals surface area contributed by atoms with E-state index in [-0.39, 0.29) is 24.3 Å². The van der Waals surface area contributed by atoms with Crippen LogP contribution in [0.15, 0.2) is 53.5 Å². The van der Waals surface area contributed by atoms with Crippen LogP contribution in [0.1, 0.15) is 18.5 Å². The number of hydrogen-bond donors (Lipinski definition) is 3. The summed E-state index contributed by atoms with van der Waals surface area (Å²) in [5.74, 6) is -0.559. The van der Waals surface area contributed by atoms with Gasteiger partial charge in [-0.3, -0.25) is 9.69 Å². The smallest absolute Gasteiger partial charge is 0.246 e. The molecular weight excluding hydrogens is 416 g/mol. The van der Waals surface area contributed by atoms with Crippen LogP contribution in [0.5, 0.6) is 0 Å². The quantitative estimate of drug-likeness (QED) is 0.430. The highest BCUT2D eigenvalue weighted by Gasteiger charge is 2.23. The lowest BCUT2D eigenvalue weighted by Crippen LogP contribution is -2.46. The van der Waals surface area contributed by atoms with Crippen molar-refractivity contribution in [2.45, 2.75) is 13.0 Å². The Morgan fingerprint density at radius 2 is 1.84 bits per heavy atom. The van der Waals surface area contributed by atoms with Crippen LogP contribution in [0.25, 0.3) is 0 Å². The summed E-state index contributed by atoms with van der Waals surface area (Å²) in [5.41, 5.74) is 1.37. The summed E-state index contributed by atoms with van der Waals surface area (Å²) in [6, 6.07) is 12.2. The lowest BCUT2D eigenvalue weighted by Gasteiger charge is -2.35. The maximum atomic E-state index is 13.4. The lowest BCUT2D eigenvalue weighted by atomic mass is 10.0. The fourth-order valence-corrected chi connectivity index (χ4v) is 3.48. The summed E-state index contributed by atoms with van der Waals surface area (Å²) in [7, 11) is 0. The van der Waals surface area contributed by atoms with E-state index < -0.39 is 5.82 Å². The highest BCUT2D eigenvalue weighted by atomic mass is 19.1. The highest BCUT2D eigenvalue weighted by Crippen LogP contribution is 2.21. The molecule has 0 radical (unpaired) electrons. The van der Waals surface area contributed by atoms with Gasteiger partial charge in [-0.15, -0.1) is 0 Å². The first kappa shape index (κ1) is 23.6. The number of rotatable bonds is 8. The molecule has 1 unspecified atom stereocenters. The van der Waals surface area contributed by atoms with Gasteiger partial charge in [0.1, 0.15) is 18.2 Å². The Balaban J connectivity index is 1.64. The Hall–Kier alpha value is -3.04. The van der Waals surface area contributed by atoms with Crippen molar-refractivity contribution in [3.63, 3.8) is 0 Å². The van der Waals surface area contributed by atoms with Gasteiger partial charge in [-0.2, -0.15) is 0 Å². The molecule has 1 fully saturated rings. The predicted molar refractivity (Wildman–Crippen MR) is 121 cm³/mol. The predicted octanol–water partition coefficient (Wildman–Crippen LogP) is 2.53. The molecule has 1 aliphatic heterocycles. The standard InChI is InChI=1S/C23H29F2N5O2/c1-2-26-23(28-16-22(31)29-20-5-3-4-19(25)14-20)27-15-21(30-10-12-32-13-11-30)17-6-8-18(24)9-7-17/h3-9,14,21H,2,10-13,15-16H2,1H3,(H,29,31)(H2,26,27,28). The van der Waals surface area contributed by atoms with Gasteiger partial charge >= 0.3 is 0 Å². The normalized spacial score (nSPS) is 15.8. The minimum atomic E-state index is -0.420. The van der Waals surface area contributed by atoms with E-state index in [1.54, 1.807) is 18.2 Å². The van der Waals surface area contributed by atoms with Gasteiger partial charge in [0.05, 0.1) is 19.3 Å². The summed E-state index contributed by atoms with van der Waals surface area (Å²) in [6.07, 6.45) is 0. The summed E-state index contributed by atoms with van der Waals surface area (Å²) >= 11 is 0. The second-order valence-electron chi connectivity index (χ2n) is 7.35. The van der Waals surface area contributed by atoms with Crippen molar-refractivity contribution in [2.75, 3.05) is 51.3 Å². The van der Waals surface area contributed by atoms with Gasteiger partial charge in [0.2, 0.25) is 5.91 Å². The van der Waals surface area contributed by atoms with E-state index in [2.05, 4.69) is 25.8 Å². The van der Waals surface area contributed by atoms with E-state index >= 15 is 0 Å². The van der Waals surface area contributed by atoms with E-state index in [0.29, 0.717) is 38.0 Å². The van der Waals surface area contributed by atoms with Gasteiger partial charge in [-0.05, 0) is 42.8 Å². The number of halogens is 2. The molecule has 1 saturated heterocycles. The third-order valence-corrected chi connectivity index (χ3v) is 5.04. The monoisotopic (exact) mass is 445 g/mol. The zero-order valence-corrected chi connectivity index (χ0v) is 18.1. The number of benzene rings is 2. The average Bonchev–Trinajstić information content (AvgIpc) is 2.79. The highest BCUT2D eigenvalue weighted by molar-refractivity contribution is 5.94. The maximum absolute atomic E-state index is 13.4. The third kappa shape index (κ3) is 7.28. The van der Waals surface area contributed by atoms with Gasteiger partial charge in [-0.1, -0.05) is 18.2 Å². The number of nitrogens with one attached hydrogen (secondary N) is 3. The minimum Gasteiger partial charge on any atom is -0.379 e. The van der Waals surface area contributed by atoms with E-state index in [1.165, 1.54) is 30.3 Å². The fraction of sp³-hybridized carbons (Fsp3) is 0.391. The number of aliphatic imine (C=N–C) groups is 1. The number of ether oxygens (including phenoxy) is 1. The molecule has 32 heavy (non-hydrogen) atoms. The molecule has 1 amide bonds. The number of nitrogens with zero attached hydrogens (tertiary/aromatic N) is 2. The van der Waals surface area contributed by atoms with Crippen molar-refractivity contribution in [1.82, 2.24) is 15.5 Å². The van der Waals surface area contributed by atoms with Gasteiger partial charge in [-0.25, -0.2) is 13.8 Å². The number of morpholine rings is 1. The van der Waals surface area contributed by atoms with Gasteiger partial charge in [0.15, 0.2) is 5.96 Å². The van der Waals surface area contributed by atoms with Gasteiger partial charge in [0, 0.05) is 31.9 Å². The van der Waals surface area contributed by atoms with Crippen LogP contribution >= 0.6 is 0 Å². The number of carbonyl (C=O) groups is 1. The van der Waals surface area contributed by atoms with Crippen LogP contribution in [-0.2, 0) is 9.53 Å². The molecule has 0 aromatic heterocycles. The molecule has 0 aliphatic carbocycles. The second kappa shape index (κ2) is 12.1. The SMILES string of the molecule is CCNC(=NCC(=O)Nc1cccc(F)c1)NCC(c1ccc(F)cc1)N1CCOCC1. The van der Waals surface area contributed by atoms with Crippen LogP contribution in [-0.4, -0.2) is 62.7 Å². The molecule has 1 atom stereocenters. The summed E-state index contributed by atoms with van der Waals surface area (Å²) in [5, 5.41) is 9.04. The third-order valence-electron chi connectivity index (χ3n) is 5.04. The molecule has 2 aromatic carbocycles. The van der Waals surface area contributed by atoms with E-state index in [4.69, 9.17) is 4.74 Å². The second-order valence-corrected chi connectivity index (χ2v) is 7.35. The molecule has 0 saturated carbocycles. The number of anilines is 1. The Morgan fingerprint density at radius 3 is 2.53 bits per heavy atom. The molecule has 1 heterocycles. The minimum absolute atomic E-state index is 0.00974. The first-order valence-corrected chi connectivity index (χ1v) is 10.7. The van der Waals surface area contributed by atoms with E-state index in [1.807, 2.05) is 6.92 Å². The first-order chi connectivity index (χ1) is 15.5. The Bertz CT molecular complexity index is 902. The fourth-order valence-electron chi connectivity index (χ4n) is 3.48. The van der Waals surface area contributed by atoms with Crippen LogP contribution in [0, 0.1) is 11.6 Å². The molecule has 3 N–H and O–H groups in total. The van der Waals surface area contributed by atoms with Gasteiger partial charge in [0.25, 0.3) is 0 Å². The lowest BCUT2D eigenvalue weighted by molar-refractivity contribution is -0.114. The zero-order valence-electron chi connectivity index (χ0n) is 18.1. The van der Waals surface area contributed by atoms with E-state index in [9.17, 15) is 13.6 Å². The van der Waals surface area contributed by atoms with Crippen molar-refractivity contribution in [1.29, 1.82) is 0 Å². The van der Waals surface area contributed by atoms with Crippen molar-refractivity contribution >= 4 is 17.6 Å². The van der Waals surface area contributed by atoms with E-state index in [0.717, 1.165) is 18.7 Å². The van der Waals surface area contributed by atoms with Crippen LogP contribution < -0.4 is 16.0 Å². The van der Waals surface area contributed by atoms with Crippen molar-refractivity contribution < 1.29 is 18.3 Å². The molecule has 3 rings (SSSR count). The number of hydrogen-bond acceptors (Lipinski definition) is 4. The topological polar surface area (TPSA) is 78.0 Å². The first-order valence-electron chi connectivity index (χ1n) is 10.7. The van der Waals surface area contributed by atoms with Crippen molar-refractivity contribution in [2.24, 2.45) is 4.99 Å².